The Kier molecular flexibility index (Phi) is 4.97. The first-order chi connectivity index (χ1) is 9.19. The highest BCUT2D eigenvalue weighted by atomic mass is 16.1. The number of carbonyl (C=O) groups excluding carboxylic acids is 1. The van der Waals surface area contributed by atoms with Gasteiger partial charge in [-0.2, -0.15) is 0 Å². The summed E-state index contributed by atoms with van der Waals surface area (Å²) in [5.41, 5.74) is 7.32. The molecule has 0 aliphatic heterocycles. The van der Waals surface area contributed by atoms with Gasteiger partial charge in [0.25, 0.3) is 5.91 Å². The lowest BCUT2D eigenvalue weighted by Gasteiger charge is -2.26. The normalized spacial score (nSPS) is 23.1. The molecule has 1 aromatic carbocycles. The minimum Gasteiger partial charge on any atom is -0.352 e. The number of nitrogens with one attached hydrogen (secondary N) is 1. The number of nitrogens with two attached hydrogens (primary N) is 1. The smallest absolute Gasteiger partial charge is 0.251 e. The van der Waals surface area contributed by atoms with Gasteiger partial charge in [0, 0.05) is 18.7 Å². The summed E-state index contributed by atoms with van der Waals surface area (Å²) in [6, 6.07) is 7.53. The SMILES string of the molecule is CC1CCCC(CNC(=O)c2ccc(CN)cc2)C1. The molecular formula is C16H24N2O. The molecular weight excluding hydrogens is 236 g/mol. The van der Waals surface area contributed by atoms with Crippen molar-refractivity contribution >= 4 is 5.91 Å². The summed E-state index contributed by atoms with van der Waals surface area (Å²) < 4.78 is 0. The minimum absolute atomic E-state index is 0.0294. The van der Waals surface area contributed by atoms with E-state index in [4.69, 9.17) is 5.73 Å². The van der Waals surface area contributed by atoms with Crippen molar-refractivity contribution in [3.63, 3.8) is 0 Å². The number of amides is 1. The van der Waals surface area contributed by atoms with Gasteiger partial charge < -0.3 is 11.1 Å². The van der Waals surface area contributed by atoms with Crippen molar-refractivity contribution in [1.29, 1.82) is 0 Å². The molecule has 1 aliphatic carbocycles. The Balaban J connectivity index is 1.83. The minimum atomic E-state index is 0.0294. The highest BCUT2D eigenvalue weighted by molar-refractivity contribution is 5.94. The topological polar surface area (TPSA) is 55.1 Å². The maximum atomic E-state index is 12.0. The molecule has 2 unspecified atom stereocenters. The summed E-state index contributed by atoms with van der Waals surface area (Å²) in [4.78, 5) is 12.0. The van der Waals surface area contributed by atoms with Crippen LogP contribution < -0.4 is 11.1 Å². The first-order valence-electron chi connectivity index (χ1n) is 7.26. The molecule has 0 heterocycles. The van der Waals surface area contributed by atoms with Crippen LogP contribution in [0.5, 0.6) is 0 Å². The molecule has 1 aromatic rings. The zero-order chi connectivity index (χ0) is 13.7. The highest BCUT2D eigenvalue weighted by Crippen LogP contribution is 2.27. The summed E-state index contributed by atoms with van der Waals surface area (Å²) in [5, 5.41) is 3.06. The van der Waals surface area contributed by atoms with Crippen LogP contribution in [0.25, 0.3) is 0 Å². The van der Waals surface area contributed by atoms with E-state index in [0.29, 0.717) is 12.5 Å². The van der Waals surface area contributed by atoms with Gasteiger partial charge >= 0.3 is 0 Å². The van der Waals surface area contributed by atoms with Gasteiger partial charge in [0.15, 0.2) is 0 Å². The van der Waals surface area contributed by atoms with Crippen LogP contribution in [0.4, 0.5) is 0 Å². The molecule has 0 bridgehead atoms. The van der Waals surface area contributed by atoms with E-state index < -0.39 is 0 Å². The number of carbonyl (C=O) groups is 1. The van der Waals surface area contributed by atoms with E-state index in [2.05, 4.69) is 12.2 Å². The number of rotatable bonds is 4. The number of benzene rings is 1. The van der Waals surface area contributed by atoms with Crippen molar-refractivity contribution in [2.24, 2.45) is 17.6 Å². The van der Waals surface area contributed by atoms with Crippen LogP contribution in [0.15, 0.2) is 24.3 Å². The Bertz CT molecular complexity index is 413. The fourth-order valence-electron chi connectivity index (χ4n) is 2.88. The predicted molar refractivity (Wildman–Crippen MR) is 77.8 cm³/mol. The van der Waals surface area contributed by atoms with Crippen LogP contribution in [-0.2, 0) is 6.54 Å². The van der Waals surface area contributed by atoms with Crippen molar-refractivity contribution in [2.45, 2.75) is 39.2 Å². The van der Waals surface area contributed by atoms with Gasteiger partial charge in [-0.25, -0.2) is 0 Å². The van der Waals surface area contributed by atoms with Gasteiger partial charge in [-0.15, -0.1) is 0 Å². The van der Waals surface area contributed by atoms with E-state index in [0.717, 1.165) is 23.6 Å². The van der Waals surface area contributed by atoms with Crippen molar-refractivity contribution in [1.82, 2.24) is 5.32 Å². The third-order valence-electron chi connectivity index (χ3n) is 4.05. The monoisotopic (exact) mass is 260 g/mol. The lowest BCUT2D eigenvalue weighted by molar-refractivity contribution is 0.0940. The van der Waals surface area contributed by atoms with Crippen molar-refractivity contribution in [3.05, 3.63) is 35.4 Å². The molecule has 3 heteroatoms. The van der Waals surface area contributed by atoms with Gasteiger partial charge in [-0.1, -0.05) is 31.9 Å². The third-order valence-corrected chi connectivity index (χ3v) is 4.05. The Morgan fingerprint density at radius 2 is 2.05 bits per heavy atom. The quantitative estimate of drug-likeness (QED) is 0.874. The average molecular weight is 260 g/mol. The molecule has 2 rings (SSSR count). The van der Waals surface area contributed by atoms with Crippen molar-refractivity contribution < 1.29 is 4.79 Å². The number of hydrogen-bond acceptors (Lipinski definition) is 2. The molecule has 0 radical (unpaired) electrons. The predicted octanol–water partition coefficient (Wildman–Crippen LogP) is 2.70. The van der Waals surface area contributed by atoms with Gasteiger partial charge in [0.1, 0.15) is 0 Å². The van der Waals surface area contributed by atoms with E-state index in [9.17, 15) is 4.79 Å². The van der Waals surface area contributed by atoms with Gasteiger partial charge in [-0.3, -0.25) is 4.79 Å². The summed E-state index contributed by atoms with van der Waals surface area (Å²) in [6.45, 7) is 3.63. The standard InChI is InChI=1S/C16H24N2O/c1-12-3-2-4-14(9-12)11-18-16(19)15-7-5-13(10-17)6-8-15/h5-8,12,14H,2-4,9-11,17H2,1H3,(H,18,19). The fraction of sp³-hybridized carbons (Fsp3) is 0.562. The Morgan fingerprint density at radius 1 is 1.32 bits per heavy atom. The molecule has 104 valence electrons. The fourth-order valence-corrected chi connectivity index (χ4v) is 2.88. The molecule has 0 saturated heterocycles. The molecule has 1 saturated carbocycles. The first-order valence-corrected chi connectivity index (χ1v) is 7.26. The molecule has 1 fully saturated rings. The van der Waals surface area contributed by atoms with Crippen LogP contribution in [0, 0.1) is 11.8 Å². The molecule has 3 nitrogen and oxygen atoms in total. The summed E-state index contributed by atoms with van der Waals surface area (Å²) >= 11 is 0. The average Bonchev–Trinajstić information content (AvgIpc) is 2.45. The third kappa shape index (κ3) is 4.06. The molecule has 19 heavy (non-hydrogen) atoms. The lowest BCUT2D eigenvalue weighted by Crippen LogP contribution is -2.31. The zero-order valence-corrected chi connectivity index (χ0v) is 11.7. The molecule has 3 N–H and O–H groups in total. The van der Waals surface area contributed by atoms with Gasteiger partial charge in [-0.05, 0) is 42.4 Å². The molecule has 1 amide bonds. The van der Waals surface area contributed by atoms with E-state index in [1.165, 1.54) is 25.7 Å². The summed E-state index contributed by atoms with van der Waals surface area (Å²) in [5.74, 6) is 1.48. The molecule has 1 aliphatic rings. The van der Waals surface area contributed by atoms with Crippen LogP contribution in [0.1, 0.15) is 48.5 Å². The van der Waals surface area contributed by atoms with E-state index in [-0.39, 0.29) is 5.91 Å². The Labute approximate surface area is 115 Å². The van der Waals surface area contributed by atoms with E-state index >= 15 is 0 Å². The summed E-state index contributed by atoms with van der Waals surface area (Å²) in [7, 11) is 0. The maximum Gasteiger partial charge on any atom is 0.251 e. The van der Waals surface area contributed by atoms with Crippen molar-refractivity contribution in [2.75, 3.05) is 6.54 Å². The van der Waals surface area contributed by atoms with Crippen LogP contribution in [-0.4, -0.2) is 12.5 Å². The zero-order valence-electron chi connectivity index (χ0n) is 11.7. The second-order valence-corrected chi connectivity index (χ2v) is 5.75. The molecule has 2 atom stereocenters. The lowest BCUT2D eigenvalue weighted by atomic mass is 9.82. The second-order valence-electron chi connectivity index (χ2n) is 5.75. The largest absolute Gasteiger partial charge is 0.352 e. The first kappa shape index (κ1) is 14.1. The Hall–Kier alpha value is -1.35. The highest BCUT2D eigenvalue weighted by Gasteiger charge is 2.19. The van der Waals surface area contributed by atoms with Crippen LogP contribution >= 0.6 is 0 Å². The van der Waals surface area contributed by atoms with Gasteiger partial charge in [0.05, 0.1) is 0 Å². The Morgan fingerprint density at radius 3 is 2.68 bits per heavy atom. The van der Waals surface area contributed by atoms with Crippen LogP contribution in [0.2, 0.25) is 0 Å². The second kappa shape index (κ2) is 6.71. The number of hydrogen-bond donors (Lipinski definition) is 2. The van der Waals surface area contributed by atoms with E-state index in [1.807, 2.05) is 24.3 Å². The maximum absolute atomic E-state index is 12.0. The molecule has 0 spiro atoms. The summed E-state index contributed by atoms with van der Waals surface area (Å²) in [6.07, 6.45) is 5.13. The van der Waals surface area contributed by atoms with E-state index in [1.54, 1.807) is 0 Å². The molecule has 0 aromatic heterocycles. The van der Waals surface area contributed by atoms with Gasteiger partial charge in [0.2, 0.25) is 0 Å². The van der Waals surface area contributed by atoms with Crippen molar-refractivity contribution in [3.8, 4) is 0 Å². The van der Waals surface area contributed by atoms with Crippen LogP contribution in [0.3, 0.4) is 0 Å².